The predicted octanol–water partition coefficient (Wildman–Crippen LogP) is 0.967. The normalized spacial score (nSPS) is 9.80. The highest BCUT2D eigenvalue weighted by molar-refractivity contribution is 8.00. The lowest BCUT2D eigenvalue weighted by Gasteiger charge is -2.21. The lowest BCUT2D eigenvalue weighted by atomic mass is 10.2. The van der Waals surface area contributed by atoms with Crippen molar-refractivity contribution in [2.45, 2.75) is 0 Å². The predicted molar refractivity (Wildman–Crippen MR) is 75.8 cm³/mol. The molecule has 106 valence electrons. The van der Waals surface area contributed by atoms with Crippen molar-refractivity contribution in [1.82, 2.24) is 0 Å². The fourth-order valence-corrected chi connectivity index (χ4v) is 2.07. The van der Waals surface area contributed by atoms with Crippen LogP contribution in [0, 0.1) is 11.3 Å². The number of thioether (sulfide) groups is 1. The van der Waals surface area contributed by atoms with Crippen LogP contribution in [0.3, 0.4) is 0 Å². The molecule has 2 N–H and O–H groups in total. The average Bonchev–Trinajstić information content (AvgIpc) is 2.45. The molecule has 1 aromatic carbocycles. The Labute approximate surface area is 120 Å². The molecule has 0 fully saturated rings. The number of aromatic carboxylic acids is 1. The summed E-state index contributed by atoms with van der Waals surface area (Å²) >= 11 is 1.19. The quantitative estimate of drug-likeness (QED) is 0.726. The van der Waals surface area contributed by atoms with Crippen LogP contribution in [0.15, 0.2) is 24.3 Å². The topological polar surface area (TPSA) is 102 Å². The van der Waals surface area contributed by atoms with Gasteiger partial charge in [-0.2, -0.15) is 5.26 Å². The van der Waals surface area contributed by atoms with E-state index in [0.29, 0.717) is 5.69 Å². The van der Waals surface area contributed by atoms with Crippen molar-refractivity contribution in [2.75, 3.05) is 29.6 Å². The highest BCUT2D eigenvalue weighted by atomic mass is 32.2. The van der Waals surface area contributed by atoms with Gasteiger partial charge in [-0.25, -0.2) is 4.79 Å². The summed E-state index contributed by atoms with van der Waals surface area (Å²) in [7, 11) is 0. The Bertz CT molecular complexity index is 510. The molecule has 0 aromatic heterocycles. The van der Waals surface area contributed by atoms with Crippen molar-refractivity contribution < 1.29 is 19.8 Å². The fourth-order valence-electron chi connectivity index (χ4n) is 1.54. The summed E-state index contributed by atoms with van der Waals surface area (Å²) in [5, 5.41) is 26.3. The van der Waals surface area contributed by atoms with Crippen LogP contribution in [-0.2, 0) is 4.79 Å². The van der Waals surface area contributed by atoms with E-state index in [-0.39, 0.29) is 36.1 Å². The monoisotopic (exact) mass is 294 g/mol. The molecule has 0 heterocycles. The van der Waals surface area contributed by atoms with Crippen LogP contribution in [0.4, 0.5) is 5.69 Å². The van der Waals surface area contributed by atoms with Gasteiger partial charge >= 0.3 is 5.97 Å². The molecule has 0 atom stereocenters. The third kappa shape index (κ3) is 4.57. The van der Waals surface area contributed by atoms with E-state index in [2.05, 4.69) is 0 Å². The minimum atomic E-state index is -1.04. The molecule has 0 aliphatic carbocycles. The largest absolute Gasteiger partial charge is 0.478 e. The van der Waals surface area contributed by atoms with Gasteiger partial charge in [0.05, 0.1) is 29.7 Å². The molecule has 0 saturated carbocycles. The number of aliphatic hydroxyl groups is 1. The van der Waals surface area contributed by atoms with E-state index >= 15 is 0 Å². The Morgan fingerprint density at radius 3 is 2.45 bits per heavy atom. The van der Waals surface area contributed by atoms with Crippen LogP contribution in [0.2, 0.25) is 0 Å². The van der Waals surface area contributed by atoms with Gasteiger partial charge in [-0.05, 0) is 24.3 Å². The van der Waals surface area contributed by atoms with Gasteiger partial charge in [0.2, 0.25) is 5.91 Å². The maximum atomic E-state index is 12.0. The van der Waals surface area contributed by atoms with Crippen molar-refractivity contribution >= 4 is 29.3 Å². The number of carbonyl (C=O) groups is 2. The second kappa shape index (κ2) is 8.19. The van der Waals surface area contributed by atoms with Crippen LogP contribution < -0.4 is 4.90 Å². The molecule has 0 radical (unpaired) electrons. The lowest BCUT2D eigenvalue weighted by molar-refractivity contribution is -0.116. The van der Waals surface area contributed by atoms with Gasteiger partial charge < -0.3 is 15.1 Å². The molecule has 6 nitrogen and oxygen atoms in total. The van der Waals surface area contributed by atoms with E-state index in [4.69, 9.17) is 15.5 Å². The van der Waals surface area contributed by atoms with E-state index < -0.39 is 5.97 Å². The molecule has 7 heteroatoms. The Balaban J connectivity index is 2.81. The number of amides is 1. The summed E-state index contributed by atoms with van der Waals surface area (Å²) in [6.45, 7) is -0.0757. The van der Waals surface area contributed by atoms with Crippen LogP contribution in [-0.4, -0.2) is 46.7 Å². The van der Waals surface area contributed by atoms with Crippen molar-refractivity contribution in [3.8, 4) is 6.07 Å². The maximum absolute atomic E-state index is 12.0. The van der Waals surface area contributed by atoms with E-state index in [1.165, 1.54) is 40.9 Å². The van der Waals surface area contributed by atoms with Gasteiger partial charge in [-0.15, -0.1) is 11.8 Å². The van der Waals surface area contributed by atoms with Gasteiger partial charge in [0.25, 0.3) is 0 Å². The SMILES string of the molecule is N#CCSCC(=O)N(CCO)c1ccc(C(=O)O)cc1. The number of aliphatic hydroxyl groups excluding tert-OH is 1. The zero-order valence-electron chi connectivity index (χ0n) is 10.7. The van der Waals surface area contributed by atoms with Crippen molar-refractivity contribution in [3.63, 3.8) is 0 Å². The Morgan fingerprint density at radius 2 is 1.95 bits per heavy atom. The summed E-state index contributed by atoms with van der Waals surface area (Å²) in [4.78, 5) is 24.1. The number of rotatable bonds is 7. The van der Waals surface area contributed by atoms with Crippen LogP contribution in [0.1, 0.15) is 10.4 Å². The van der Waals surface area contributed by atoms with Gasteiger partial charge in [-0.1, -0.05) is 0 Å². The van der Waals surface area contributed by atoms with Crippen LogP contribution in [0.25, 0.3) is 0 Å². The number of hydrogen-bond acceptors (Lipinski definition) is 5. The number of nitriles is 1. The van der Waals surface area contributed by atoms with Gasteiger partial charge in [0.1, 0.15) is 0 Å². The summed E-state index contributed by atoms with van der Waals surface area (Å²) in [5.74, 6) is -0.922. The van der Waals surface area contributed by atoms with E-state index in [0.717, 1.165) is 0 Å². The smallest absolute Gasteiger partial charge is 0.335 e. The first kappa shape index (κ1) is 16.0. The molecule has 0 aliphatic heterocycles. The molecule has 0 unspecified atom stereocenters. The first-order chi connectivity index (χ1) is 9.60. The molecule has 1 amide bonds. The number of nitrogens with zero attached hydrogens (tertiary/aromatic N) is 2. The highest BCUT2D eigenvalue weighted by Gasteiger charge is 2.15. The highest BCUT2D eigenvalue weighted by Crippen LogP contribution is 2.17. The molecule has 1 rings (SSSR count). The van der Waals surface area contributed by atoms with Gasteiger partial charge in [0.15, 0.2) is 0 Å². The zero-order valence-corrected chi connectivity index (χ0v) is 11.5. The first-order valence-electron chi connectivity index (χ1n) is 5.79. The standard InChI is InChI=1S/C13H14N2O4S/c14-5-8-20-9-12(17)15(6-7-16)11-3-1-10(2-4-11)13(18)19/h1-4,16H,6-9H2,(H,18,19). The summed E-state index contributed by atoms with van der Waals surface area (Å²) < 4.78 is 0. The third-order valence-electron chi connectivity index (χ3n) is 2.44. The number of anilines is 1. The Morgan fingerprint density at radius 1 is 1.30 bits per heavy atom. The maximum Gasteiger partial charge on any atom is 0.335 e. The van der Waals surface area contributed by atoms with E-state index in [9.17, 15) is 9.59 Å². The minimum absolute atomic E-state index is 0.123. The van der Waals surface area contributed by atoms with Crippen LogP contribution >= 0.6 is 11.8 Å². The Hall–Kier alpha value is -2.04. The molecule has 1 aromatic rings. The molecular formula is C13H14N2O4S. The van der Waals surface area contributed by atoms with Gasteiger partial charge in [0, 0.05) is 12.2 Å². The second-order valence-corrected chi connectivity index (χ2v) is 4.76. The molecule has 0 aliphatic rings. The minimum Gasteiger partial charge on any atom is -0.478 e. The average molecular weight is 294 g/mol. The molecule has 0 saturated heterocycles. The van der Waals surface area contributed by atoms with E-state index in [1.54, 1.807) is 0 Å². The van der Waals surface area contributed by atoms with Crippen LogP contribution in [0.5, 0.6) is 0 Å². The zero-order chi connectivity index (χ0) is 15.0. The molecular weight excluding hydrogens is 280 g/mol. The second-order valence-electron chi connectivity index (χ2n) is 3.77. The first-order valence-corrected chi connectivity index (χ1v) is 6.95. The Kier molecular flexibility index (Phi) is 6.56. The summed E-state index contributed by atoms with van der Waals surface area (Å²) in [5.41, 5.74) is 0.649. The number of hydrogen-bond donors (Lipinski definition) is 2. The lowest BCUT2D eigenvalue weighted by Crippen LogP contribution is -2.35. The summed E-state index contributed by atoms with van der Waals surface area (Å²) in [6, 6.07) is 7.77. The van der Waals surface area contributed by atoms with Crippen molar-refractivity contribution in [1.29, 1.82) is 5.26 Å². The molecule has 20 heavy (non-hydrogen) atoms. The number of carboxylic acid groups (broad SMARTS) is 1. The summed E-state index contributed by atoms with van der Waals surface area (Å²) in [6.07, 6.45) is 0. The fraction of sp³-hybridized carbons (Fsp3) is 0.308. The van der Waals surface area contributed by atoms with E-state index in [1.807, 2.05) is 6.07 Å². The third-order valence-corrected chi connectivity index (χ3v) is 3.23. The number of benzene rings is 1. The van der Waals surface area contributed by atoms with Crippen molar-refractivity contribution in [2.24, 2.45) is 0 Å². The van der Waals surface area contributed by atoms with Gasteiger partial charge in [-0.3, -0.25) is 4.79 Å². The number of carbonyl (C=O) groups excluding carboxylic acids is 1. The molecule has 0 bridgehead atoms. The number of carboxylic acids is 1. The van der Waals surface area contributed by atoms with Crippen molar-refractivity contribution in [3.05, 3.63) is 29.8 Å². The molecule has 0 spiro atoms.